The number of amides is 2. The fourth-order valence-electron chi connectivity index (χ4n) is 3.62. The van der Waals surface area contributed by atoms with Gasteiger partial charge in [-0.25, -0.2) is 0 Å². The van der Waals surface area contributed by atoms with E-state index < -0.39 is 11.5 Å². The van der Waals surface area contributed by atoms with Crippen LogP contribution in [0.5, 0.6) is 0 Å². The maximum absolute atomic E-state index is 12.7. The molecule has 1 aromatic carbocycles. The summed E-state index contributed by atoms with van der Waals surface area (Å²) in [5.41, 5.74) is 6.41. The molecule has 134 valence electrons. The molecule has 0 unspecified atom stereocenters. The molecule has 2 heterocycles. The molecule has 0 saturated carbocycles. The van der Waals surface area contributed by atoms with E-state index in [0.29, 0.717) is 30.3 Å². The highest BCUT2D eigenvalue weighted by Gasteiger charge is 2.28. The number of piperidine rings is 1. The number of hydrogen-bond donors (Lipinski definition) is 3. The number of aromatic nitrogens is 1. The molecular weight excluding hydrogens is 318 g/mol. The van der Waals surface area contributed by atoms with Gasteiger partial charge in [0.1, 0.15) is 5.69 Å². The Morgan fingerprint density at radius 2 is 1.96 bits per heavy atom. The second-order valence-corrected chi connectivity index (χ2v) is 7.60. The molecule has 0 spiro atoms. The summed E-state index contributed by atoms with van der Waals surface area (Å²) in [6.07, 6.45) is 2.57. The largest absolute Gasteiger partial charge is 0.390 e. The minimum absolute atomic E-state index is 0.0291. The number of aliphatic hydroxyl groups is 1. The lowest BCUT2D eigenvalue weighted by atomic mass is 9.86. The summed E-state index contributed by atoms with van der Waals surface area (Å²) in [5.74, 6) is -0.0618. The molecule has 1 aliphatic heterocycles. The van der Waals surface area contributed by atoms with Crippen LogP contribution in [0.1, 0.15) is 54.0 Å². The van der Waals surface area contributed by atoms with Gasteiger partial charge in [0.05, 0.1) is 5.60 Å². The van der Waals surface area contributed by atoms with Gasteiger partial charge in [0.15, 0.2) is 0 Å². The minimum atomic E-state index is -0.661. The monoisotopic (exact) mass is 343 g/mol. The molecule has 0 aliphatic carbocycles. The molecule has 0 bridgehead atoms. The highest BCUT2D eigenvalue weighted by Crippen LogP contribution is 2.27. The summed E-state index contributed by atoms with van der Waals surface area (Å²) in [6.45, 7) is 5.05. The van der Waals surface area contributed by atoms with Crippen LogP contribution < -0.4 is 5.73 Å². The number of aromatic amines is 1. The molecule has 2 amide bonds. The number of H-pyrrole nitrogens is 1. The molecule has 1 aromatic heterocycles. The van der Waals surface area contributed by atoms with Crippen molar-refractivity contribution in [2.45, 2.75) is 38.7 Å². The third-order valence-corrected chi connectivity index (χ3v) is 4.83. The summed E-state index contributed by atoms with van der Waals surface area (Å²) in [6, 6.07) is 6.88. The summed E-state index contributed by atoms with van der Waals surface area (Å²) in [4.78, 5) is 29.0. The number of hydrogen-bond acceptors (Lipinski definition) is 3. The molecule has 0 radical (unpaired) electrons. The summed E-state index contributed by atoms with van der Waals surface area (Å²) >= 11 is 0. The van der Waals surface area contributed by atoms with E-state index >= 15 is 0 Å². The highest BCUT2D eigenvalue weighted by atomic mass is 16.3. The van der Waals surface area contributed by atoms with Gasteiger partial charge in [-0.2, -0.15) is 0 Å². The van der Waals surface area contributed by atoms with Gasteiger partial charge in [0, 0.05) is 29.6 Å². The Balaban J connectivity index is 1.69. The Kier molecular flexibility index (Phi) is 4.56. The average molecular weight is 343 g/mol. The second-order valence-electron chi connectivity index (χ2n) is 7.60. The number of benzene rings is 1. The number of carbonyl (C=O) groups is 2. The Morgan fingerprint density at radius 1 is 1.28 bits per heavy atom. The van der Waals surface area contributed by atoms with E-state index in [1.165, 1.54) is 0 Å². The maximum atomic E-state index is 12.7. The molecule has 1 fully saturated rings. The average Bonchev–Trinajstić information content (AvgIpc) is 2.96. The summed E-state index contributed by atoms with van der Waals surface area (Å²) < 4.78 is 0. The Labute approximate surface area is 147 Å². The standard InChI is InChI=1S/C19H25N3O3/c1-19(2,25)11-12-5-7-22(8-6-12)18(24)16-10-14-9-13(17(20)23)3-4-15(14)21-16/h3-4,9-10,12,21,25H,5-8,11H2,1-2H3,(H2,20,23). The number of likely N-dealkylation sites (tertiary alicyclic amines) is 1. The molecule has 6 heteroatoms. The number of fused-ring (bicyclic) bond motifs is 1. The van der Waals surface area contributed by atoms with Crippen molar-refractivity contribution in [3.63, 3.8) is 0 Å². The zero-order valence-corrected chi connectivity index (χ0v) is 14.7. The third kappa shape index (κ3) is 4.02. The number of nitrogens with one attached hydrogen (secondary N) is 1. The molecule has 3 rings (SSSR count). The van der Waals surface area contributed by atoms with Crippen LogP contribution in [-0.4, -0.2) is 45.5 Å². The molecule has 1 saturated heterocycles. The molecule has 25 heavy (non-hydrogen) atoms. The first-order chi connectivity index (χ1) is 11.7. The zero-order chi connectivity index (χ0) is 18.2. The molecule has 4 N–H and O–H groups in total. The van der Waals surface area contributed by atoms with Crippen LogP contribution in [0.25, 0.3) is 10.9 Å². The first-order valence-corrected chi connectivity index (χ1v) is 8.67. The van der Waals surface area contributed by atoms with E-state index in [1.807, 2.05) is 18.7 Å². The van der Waals surface area contributed by atoms with Crippen molar-refractivity contribution in [1.29, 1.82) is 0 Å². The molecular formula is C19H25N3O3. The molecule has 6 nitrogen and oxygen atoms in total. The van der Waals surface area contributed by atoms with Crippen molar-refractivity contribution in [3.8, 4) is 0 Å². The van der Waals surface area contributed by atoms with Crippen molar-refractivity contribution in [2.75, 3.05) is 13.1 Å². The van der Waals surface area contributed by atoms with Crippen LogP contribution in [0, 0.1) is 5.92 Å². The lowest BCUT2D eigenvalue weighted by Gasteiger charge is -2.34. The second kappa shape index (κ2) is 6.52. The Morgan fingerprint density at radius 3 is 2.56 bits per heavy atom. The lowest BCUT2D eigenvalue weighted by Crippen LogP contribution is -2.40. The third-order valence-electron chi connectivity index (χ3n) is 4.83. The van der Waals surface area contributed by atoms with Crippen LogP contribution >= 0.6 is 0 Å². The predicted octanol–water partition coefficient (Wildman–Crippen LogP) is 2.28. The number of nitrogens with two attached hydrogens (primary N) is 1. The number of nitrogens with zero attached hydrogens (tertiary/aromatic N) is 1. The fourth-order valence-corrected chi connectivity index (χ4v) is 3.62. The summed E-state index contributed by atoms with van der Waals surface area (Å²) in [5, 5.41) is 10.7. The first-order valence-electron chi connectivity index (χ1n) is 8.67. The molecule has 2 aromatic rings. The fraction of sp³-hybridized carbons (Fsp3) is 0.474. The first kappa shape index (κ1) is 17.5. The predicted molar refractivity (Wildman–Crippen MR) is 96.4 cm³/mol. The van der Waals surface area contributed by atoms with Gasteiger partial charge in [0.25, 0.3) is 5.91 Å². The SMILES string of the molecule is CC(C)(O)CC1CCN(C(=O)c2cc3cc(C(N)=O)ccc3[nH]2)CC1. The number of rotatable bonds is 4. The van der Waals surface area contributed by atoms with Crippen molar-refractivity contribution < 1.29 is 14.7 Å². The zero-order valence-electron chi connectivity index (χ0n) is 14.7. The molecule has 0 atom stereocenters. The minimum Gasteiger partial charge on any atom is -0.390 e. The van der Waals surface area contributed by atoms with Crippen molar-refractivity contribution >= 4 is 22.7 Å². The van der Waals surface area contributed by atoms with Gasteiger partial charge in [-0.3, -0.25) is 9.59 Å². The van der Waals surface area contributed by atoms with E-state index in [4.69, 9.17) is 5.73 Å². The highest BCUT2D eigenvalue weighted by molar-refractivity contribution is 6.01. The van der Waals surface area contributed by atoms with E-state index in [-0.39, 0.29) is 5.91 Å². The normalized spacial score (nSPS) is 16.4. The van der Waals surface area contributed by atoms with Gasteiger partial charge < -0.3 is 20.7 Å². The Hall–Kier alpha value is -2.34. The summed E-state index contributed by atoms with van der Waals surface area (Å²) in [7, 11) is 0. The van der Waals surface area contributed by atoms with E-state index in [0.717, 1.165) is 30.2 Å². The quantitative estimate of drug-likeness (QED) is 0.794. The van der Waals surface area contributed by atoms with Gasteiger partial charge in [-0.1, -0.05) is 0 Å². The van der Waals surface area contributed by atoms with Crippen LogP contribution in [0.3, 0.4) is 0 Å². The van der Waals surface area contributed by atoms with Crippen LogP contribution in [0.15, 0.2) is 24.3 Å². The lowest BCUT2D eigenvalue weighted by molar-refractivity contribution is 0.0357. The van der Waals surface area contributed by atoms with Gasteiger partial charge in [0.2, 0.25) is 5.91 Å². The maximum Gasteiger partial charge on any atom is 0.270 e. The van der Waals surface area contributed by atoms with Crippen LogP contribution in [0.2, 0.25) is 0 Å². The molecule has 1 aliphatic rings. The van der Waals surface area contributed by atoms with E-state index in [2.05, 4.69) is 4.98 Å². The van der Waals surface area contributed by atoms with Crippen molar-refractivity contribution in [3.05, 3.63) is 35.5 Å². The number of carbonyl (C=O) groups excluding carboxylic acids is 2. The van der Waals surface area contributed by atoms with Crippen molar-refractivity contribution in [1.82, 2.24) is 9.88 Å². The smallest absolute Gasteiger partial charge is 0.270 e. The van der Waals surface area contributed by atoms with Crippen LogP contribution in [-0.2, 0) is 0 Å². The van der Waals surface area contributed by atoms with Gasteiger partial charge >= 0.3 is 0 Å². The number of primary amides is 1. The van der Waals surface area contributed by atoms with Crippen molar-refractivity contribution in [2.24, 2.45) is 11.7 Å². The van der Waals surface area contributed by atoms with E-state index in [9.17, 15) is 14.7 Å². The Bertz CT molecular complexity index is 796. The van der Waals surface area contributed by atoms with Crippen LogP contribution in [0.4, 0.5) is 0 Å². The van der Waals surface area contributed by atoms with E-state index in [1.54, 1.807) is 24.3 Å². The van der Waals surface area contributed by atoms with Gasteiger partial charge in [-0.15, -0.1) is 0 Å². The topological polar surface area (TPSA) is 99.4 Å². The van der Waals surface area contributed by atoms with Gasteiger partial charge in [-0.05, 0) is 63.3 Å².